The van der Waals surface area contributed by atoms with E-state index < -0.39 is 20.4 Å². The van der Waals surface area contributed by atoms with Gasteiger partial charge in [0.2, 0.25) is 0 Å². The Morgan fingerprint density at radius 1 is 1.33 bits per heavy atom. The van der Waals surface area contributed by atoms with Gasteiger partial charge in [-0.25, -0.2) is 0 Å². The molecule has 0 aromatic carbocycles. The highest BCUT2D eigenvalue weighted by atomic mass is 28.3. The van der Waals surface area contributed by atoms with Crippen LogP contribution in [0.4, 0.5) is 0 Å². The zero-order chi connectivity index (χ0) is 11.9. The monoisotopic (exact) mass is 232 g/mol. The first-order valence-electron chi connectivity index (χ1n) is 5.66. The molecule has 3 nitrogen and oxygen atoms in total. The van der Waals surface area contributed by atoms with E-state index in [4.69, 9.17) is 9.16 Å². The molecule has 4 heteroatoms. The molecular weight excluding hydrogens is 208 g/mol. The zero-order valence-corrected chi connectivity index (χ0v) is 11.9. The molecule has 2 atom stereocenters. The summed E-state index contributed by atoms with van der Waals surface area (Å²) < 4.78 is 11.6. The molecule has 0 radical (unpaired) electrons. The first kappa shape index (κ1) is 13.2. The largest absolute Gasteiger partial charge is 0.409 e. The molecule has 1 unspecified atom stereocenters. The average Bonchev–Trinajstić information content (AvgIpc) is 2.25. The molecule has 1 N–H and O–H groups in total. The van der Waals surface area contributed by atoms with Crippen LogP contribution in [-0.2, 0) is 9.16 Å². The Morgan fingerprint density at radius 3 is 2.13 bits per heavy atom. The van der Waals surface area contributed by atoms with E-state index in [0.29, 0.717) is 6.61 Å². The lowest BCUT2D eigenvalue weighted by Gasteiger charge is -2.49. The lowest BCUT2D eigenvalue weighted by atomic mass is 9.71. The van der Waals surface area contributed by atoms with Crippen LogP contribution in [0.1, 0.15) is 34.1 Å². The van der Waals surface area contributed by atoms with Crippen molar-refractivity contribution in [2.45, 2.75) is 58.6 Å². The van der Waals surface area contributed by atoms with Crippen LogP contribution in [-0.4, -0.2) is 32.1 Å². The minimum absolute atomic E-state index is 0.121. The predicted octanol–water partition coefficient (Wildman–Crippen LogP) is 1.90. The van der Waals surface area contributed by atoms with Crippen LogP contribution in [0.15, 0.2) is 0 Å². The lowest BCUT2D eigenvalue weighted by Crippen LogP contribution is -2.60. The fraction of sp³-hybridized carbons (Fsp3) is 1.00. The van der Waals surface area contributed by atoms with Crippen molar-refractivity contribution in [1.82, 2.24) is 0 Å². The minimum atomic E-state index is -1.21. The van der Waals surface area contributed by atoms with E-state index in [9.17, 15) is 5.11 Å². The van der Waals surface area contributed by atoms with Gasteiger partial charge in [-0.1, -0.05) is 20.8 Å². The number of rotatable bonds is 2. The zero-order valence-electron chi connectivity index (χ0n) is 10.8. The summed E-state index contributed by atoms with van der Waals surface area (Å²) in [6.45, 7) is 12.9. The summed E-state index contributed by atoms with van der Waals surface area (Å²) in [6.07, 6.45) is 0.772. The van der Waals surface area contributed by atoms with Gasteiger partial charge in [0.1, 0.15) is 5.60 Å². The second kappa shape index (κ2) is 3.84. The molecule has 0 bridgehead atoms. The molecule has 1 saturated heterocycles. The van der Waals surface area contributed by atoms with E-state index >= 15 is 0 Å². The fourth-order valence-corrected chi connectivity index (χ4v) is 4.06. The maximum atomic E-state index is 10.4. The molecule has 0 aromatic heterocycles. The Kier molecular flexibility index (Phi) is 3.37. The minimum Gasteiger partial charge on any atom is -0.409 e. The third-order valence-electron chi connectivity index (χ3n) is 3.23. The first-order chi connectivity index (χ1) is 6.62. The summed E-state index contributed by atoms with van der Waals surface area (Å²) in [7, 11) is -1.21. The van der Waals surface area contributed by atoms with Crippen LogP contribution in [0, 0.1) is 5.41 Å². The van der Waals surface area contributed by atoms with E-state index in [1.165, 1.54) is 0 Å². The van der Waals surface area contributed by atoms with Gasteiger partial charge in [0.05, 0.1) is 6.61 Å². The molecule has 1 heterocycles. The quantitative estimate of drug-likeness (QED) is 0.739. The molecule has 15 heavy (non-hydrogen) atoms. The van der Waals surface area contributed by atoms with Crippen LogP contribution in [0.5, 0.6) is 0 Å². The molecule has 0 aliphatic carbocycles. The molecule has 0 amide bonds. The highest BCUT2D eigenvalue weighted by Crippen LogP contribution is 2.49. The maximum Gasteiger partial charge on any atom is 0.191 e. The van der Waals surface area contributed by atoms with Crippen molar-refractivity contribution < 1.29 is 14.3 Å². The Hall–Kier alpha value is 0.0969. The fourth-order valence-electron chi connectivity index (χ4n) is 2.56. The number of hydrogen-bond donors (Lipinski definition) is 1. The molecule has 0 spiro atoms. The SMILES string of the molecule is C[SiH](C)O[C@@]1(C(C)(C)C)CCOC1(C)O. The summed E-state index contributed by atoms with van der Waals surface area (Å²) >= 11 is 0. The van der Waals surface area contributed by atoms with Crippen LogP contribution >= 0.6 is 0 Å². The van der Waals surface area contributed by atoms with E-state index in [-0.39, 0.29) is 5.41 Å². The van der Waals surface area contributed by atoms with Gasteiger partial charge in [-0.3, -0.25) is 0 Å². The summed E-state index contributed by atoms with van der Waals surface area (Å²) in [6, 6.07) is 0. The Labute approximate surface area is 94.5 Å². The van der Waals surface area contributed by atoms with Crippen molar-refractivity contribution in [2.75, 3.05) is 6.61 Å². The number of aliphatic hydroxyl groups is 1. The molecular formula is C11H24O3Si. The summed E-state index contributed by atoms with van der Waals surface area (Å²) in [5.74, 6) is -1.16. The van der Waals surface area contributed by atoms with Crippen molar-refractivity contribution >= 4 is 9.04 Å². The van der Waals surface area contributed by atoms with E-state index in [2.05, 4.69) is 33.9 Å². The Morgan fingerprint density at radius 2 is 1.87 bits per heavy atom. The van der Waals surface area contributed by atoms with Crippen molar-refractivity contribution in [3.8, 4) is 0 Å². The first-order valence-corrected chi connectivity index (χ1v) is 8.45. The van der Waals surface area contributed by atoms with Crippen LogP contribution in [0.25, 0.3) is 0 Å². The third-order valence-corrected chi connectivity index (χ3v) is 4.11. The molecule has 90 valence electrons. The van der Waals surface area contributed by atoms with Gasteiger partial charge in [0.15, 0.2) is 14.8 Å². The van der Waals surface area contributed by atoms with Crippen LogP contribution < -0.4 is 0 Å². The van der Waals surface area contributed by atoms with Gasteiger partial charge >= 0.3 is 0 Å². The van der Waals surface area contributed by atoms with Crippen molar-refractivity contribution in [1.29, 1.82) is 0 Å². The lowest BCUT2D eigenvalue weighted by molar-refractivity contribution is -0.262. The van der Waals surface area contributed by atoms with Gasteiger partial charge in [-0.15, -0.1) is 0 Å². The maximum absolute atomic E-state index is 10.4. The normalized spacial score (nSPS) is 37.6. The second-order valence-corrected chi connectivity index (χ2v) is 8.16. The van der Waals surface area contributed by atoms with E-state index in [1.54, 1.807) is 6.92 Å². The standard InChI is InChI=1S/C11H24O3Si/c1-9(2,3)11(14-15(5)6)7-8-13-10(11,4)12/h12,15H,7-8H2,1-6H3/t10?,11-/m1/s1. The van der Waals surface area contributed by atoms with Crippen LogP contribution in [0.2, 0.25) is 13.1 Å². The number of ether oxygens (including phenoxy) is 1. The average molecular weight is 232 g/mol. The summed E-state index contributed by atoms with van der Waals surface area (Å²) in [5, 5.41) is 10.4. The summed E-state index contributed by atoms with van der Waals surface area (Å²) in [5.41, 5.74) is -0.676. The van der Waals surface area contributed by atoms with Crippen molar-refractivity contribution in [2.24, 2.45) is 5.41 Å². The Balaban J connectivity index is 3.07. The third kappa shape index (κ3) is 2.13. The molecule has 0 saturated carbocycles. The highest BCUT2D eigenvalue weighted by Gasteiger charge is 2.60. The topological polar surface area (TPSA) is 38.7 Å². The smallest absolute Gasteiger partial charge is 0.191 e. The Bertz CT molecular complexity index is 232. The molecule has 1 rings (SSSR count). The van der Waals surface area contributed by atoms with Crippen LogP contribution in [0.3, 0.4) is 0 Å². The van der Waals surface area contributed by atoms with Gasteiger partial charge in [-0.05, 0) is 25.4 Å². The van der Waals surface area contributed by atoms with Gasteiger partial charge in [0.25, 0.3) is 0 Å². The van der Waals surface area contributed by atoms with E-state index in [1.807, 2.05) is 0 Å². The van der Waals surface area contributed by atoms with Gasteiger partial charge in [-0.2, -0.15) is 0 Å². The second-order valence-electron chi connectivity index (χ2n) is 5.82. The highest BCUT2D eigenvalue weighted by molar-refractivity contribution is 6.48. The predicted molar refractivity (Wildman–Crippen MR) is 63.3 cm³/mol. The molecule has 1 aliphatic heterocycles. The number of hydrogen-bond acceptors (Lipinski definition) is 3. The summed E-state index contributed by atoms with van der Waals surface area (Å²) in [4.78, 5) is 0. The molecule has 1 fully saturated rings. The van der Waals surface area contributed by atoms with E-state index in [0.717, 1.165) is 6.42 Å². The van der Waals surface area contributed by atoms with Gasteiger partial charge in [0, 0.05) is 6.42 Å². The molecule has 1 aliphatic rings. The van der Waals surface area contributed by atoms with Crippen molar-refractivity contribution in [3.05, 3.63) is 0 Å². The van der Waals surface area contributed by atoms with Crippen molar-refractivity contribution in [3.63, 3.8) is 0 Å². The van der Waals surface area contributed by atoms with Gasteiger partial charge < -0.3 is 14.3 Å². The molecule has 0 aromatic rings.